The van der Waals surface area contributed by atoms with Crippen LogP contribution in [0.15, 0.2) is 48.5 Å². The van der Waals surface area contributed by atoms with Crippen molar-refractivity contribution in [3.8, 4) is 5.75 Å². The lowest BCUT2D eigenvalue weighted by atomic mass is 9.86. The van der Waals surface area contributed by atoms with Crippen molar-refractivity contribution < 1.29 is 4.74 Å². The molecule has 0 unspecified atom stereocenters. The first kappa shape index (κ1) is 24.3. The highest BCUT2D eigenvalue weighted by molar-refractivity contribution is 5.90. The van der Waals surface area contributed by atoms with E-state index in [9.17, 15) is 0 Å². The molecule has 4 rings (SSSR count). The Morgan fingerprint density at radius 3 is 2.32 bits per heavy atom. The Bertz CT molecular complexity index is 1070. The molecule has 0 atom stereocenters. The summed E-state index contributed by atoms with van der Waals surface area (Å²) in [6.07, 6.45) is 4.74. The van der Waals surface area contributed by atoms with E-state index in [2.05, 4.69) is 72.7 Å². The third-order valence-corrected chi connectivity index (χ3v) is 6.30. The summed E-state index contributed by atoms with van der Waals surface area (Å²) in [5.74, 6) is 3.35. The van der Waals surface area contributed by atoms with E-state index >= 15 is 0 Å². The second kappa shape index (κ2) is 10.6. The van der Waals surface area contributed by atoms with Crippen molar-refractivity contribution in [2.45, 2.75) is 64.6 Å². The van der Waals surface area contributed by atoms with Crippen LogP contribution in [0.2, 0.25) is 0 Å². The number of benzene rings is 2. The first-order valence-corrected chi connectivity index (χ1v) is 12.5. The quantitative estimate of drug-likeness (QED) is 0.453. The minimum atomic E-state index is -0.164. The van der Waals surface area contributed by atoms with Gasteiger partial charge in [-0.1, -0.05) is 24.3 Å². The topological polar surface area (TPSA) is 62.3 Å². The molecule has 1 fully saturated rings. The predicted octanol–water partition coefficient (Wildman–Crippen LogP) is 5.63. The molecule has 182 valence electrons. The molecule has 2 aromatic carbocycles. The van der Waals surface area contributed by atoms with E-state index in [-0.39, 0.29) is 5.60 Å². The Labute approximate surface area is 204 Å². The van der Waals surface area contributed by atoms with Crippen molar-refractivity contribution in [2.24, 2.45) is 5.92 Å². The molecule has 1 aromatic heterocycles. The van der Waals surface area contributed by atoms with E-state index in [1.54, 1.807) is 0 Å². The predicted molar refractivity (Wildman–Crippen MR) is 142 cm³/mol. The molecular formula is C28H39N5O. The Kier molecular flexibility index (Phi) is 7.57. The van der Waals surface area contributed by atoms with Gasteiger partial charge in [-0.15, -0.1) is 0 Å². The number of rotatable bonds is 8. The number of hydrogen-bond acceptors (Lipinski definition) is 6. The molecule has 0 aliphatic heterocycles. The van der Waals surface area contributed by atoms with Crippen LogP contribution in [0.3, 0.4) is 0 Å². The monoisotopic (exact) mass is 461 g/mol. The fourth-order valence-electron chi connectivity index (χ4n) is 4.61. The zero-order valence-corrected chi connectivity index (χ0v) is 21.3. The van der Waals surface area contributed by atoms with Crippen LogP contribution in [0, 0.1) is 5.92 Å². The maximum absolute atomic E-state index is 5.91. The SMILES string of the molecule is CN(C)c1nc(N[C@H]2CC[C@@H](CNCc3ccc(OC(C)(C)C)cc3)CC2)nc2ccccc12. The van der Waals surface area contributed by atoms with Gasteiger partial charge in [-0.05, 0) is 88.7 Å². The van der Waals surface area contributed by atoms with Gasteiger partial charge in [0.25, 0.3) is 0 Å². The summed E-state index contributed by atoms with van der Waals surface area (Å²) in [7, 11) is 4.07. The Hall–Kier alpha value is -2.86. The van der Waals surface area contributed by atoms with Crippen LogP contribution in [0.25, 0.3) is 10.9 Å². The molecule has 0 bridgehead atoms. The van der Waals surface area contributed by atoms with Gasteiger partial charge in [0, 0.05) is 32.1 Å². The third-order valence-electron chi connectivity index (χ3n) is 6.30. The van der Waals surface area contributed by atoms with E-state index in [0.717, 1.165) is 60.3 Å². The highest BCUT2D eigenvalue weighted by Gasteiger charge is 2.22. The van der Waals surface area contributed by atoms with Gasteiger partial charge in [-0.25, -0.2) is 4.98 Å². The zero-order valence-electron chi connectivity index (χ0n) is 21.3. The number of ether oxygens (including phenoxy) is 1. The van der Waals surface area contributed by atoms with Crippen LogP contribution in [-0.2, 0) is 6.54 Å². The highest BCUT2D eigenvalue weighted by Crippen LogP contribution is 2.28. The summed E-state index contributed by atoms with van der Waals surface area (Å²) in [4.78, 5) is 11.6. The molecule has 1 saturated carbocycles. The van der Waals surface area contributed by atoms with Crippen molar-refractivity contribution >= 4 is 22.7 Å². The molecule has 2 N–H and O–H groups in total. The van der Waals surface area contributed by atoms with Gasteiger partial charge in [0.15, 0.2) is 0 Å². The molecule has 0 spiro atoms. The second-order valence-corrected chi connectivity index (χ2v) is 10.6. The van der Waals surface area contributed by atoms with Crippen molar-refractivity contribution in [1.29, 1.82) is 0 Å². The lowest BCUT2D eigenvalue weighted by Gasteiger charge is -2.29. The normalized spacial score (nSPS) is 18.6. The number of hydrogen-bond donors (Lipinski definition) is 2. The van der Waals surface area contributed by atoms with Crippen molar-refractivity contribution in [3.05, 3.63) is 54.1 Å². The molecule has 3 aromatic rings. The maximum Gasteiger partial charge on any atom is 0.225 e. The maximum atomic E-state index is 5.91. The van der Waals surface area contributed by atoms with Crippen LogP contribution in [-0.4, -0.2) is 42.3 Å². The van der Waals surface area contributed by atoms with E-state index in [1.165, 1.54) is 18.4 Å². The fourth-order valence-corrected chi connectivity index (χ4v) is 4.61. The molecule has 34 heavy (non-hydrogen) atoms. The number of nitrogens with zero attached hydrogens (tertiary/aromatic N) is 3. The molecule has 1 aliphatic carbocycles. The van der Waals surface area contributed by atoms with Crippen LogP contribution in [0.5, 0.6) is 5.75 Å². The third kappa shape index (κ3) is 6.60. The Balaban J connectivity index is 1.23. The average molecular weight is 462 g/mol. The van der Waals surface area contributed by atoms with E-state index < -0.39 is 0 Å². The number of para-hydroxylation sites is 1. The molecule has 0 radical (unpaired) electrons. The summed E-state index contributed by atoms with van der Waals surface area (Å²) in [6, 6.07) is 17.1. The number of aromatic nitrogens is 2. The minimum Gasteiger partial charge on any atom is -0.488 e. The molecular weight excluding hydrogens is 422 g/mol. The van der Waals surface area contributed by atoms with Gasteiger partial charge in [0.1, 0.15) is 17.2 Å². The molecule has 6 nitrogen and oxygen atoms in total. The standard InChI is InChI=1S/C28H39N5O/c1-28(2,3)34-23-16-12-21(13-17-23)19-29-18-20-10-14-22(15-11-20)30-27-31-25-9-7-6-8-24(25)26(32-27)33(4)5/h6-9,12-13,16-17,20,22,29H,10-11,14-15,18-19H2,1-5H3,(H,30,31,32)/t20-,22+. The Morgan fingerprint density at radius 1 is 0.941 bits per heavy atom. The number of fused-ring (bicyclic) bond motifs is 1. The molecule has 0 amide bonds. The van der Waals surface area contributed by atoms with Crippen LogP contribution in [0.4, 0.5) is 11.8 Å². The van der Waals surface area contributed by atoms with Gasteiger partial charge in [-0.2, -0.15) is 4.98 Å². The van der Waals surface area contributed by atoms with E-state index in [4.69, 9.17) is 14.7 Å². The molecule has 1 heterocycles. The van der Waals surface area contributed by atoms with Gasteiger partial charge >= 0.3 is 0 Å². The van der Waals surface area contributed by atoms with Crippen molar-refractivity contribution in [1.82, 2.24) is 15.3 Å². The van der Waals surface area contributed by atoms with Crippen LogP contribution in [0.1, 0.15) is 52.0 Å². The van der Waals surface area contributed by atoms with Crippen LogP contribution >= 0.6 is 0 Å². The summed E-state index contributed by atoms with van der Waals surface area (Å²) in [6.45, 7) is 8.17. The van der Waals surface area contributed by atoms with E-state index in [1.807, 2.05) is 26.2 Å². The van der Waals surface area contributed by atoms with Crippen molar-refractivity contribution in [2.75, 3.05) is 30.9 Å². The van der Waals surface area contributed by atoms with Crippen molar-refractivity contribution in [3.63, 3.8) is 0 Å². The molecule has 1 aliphatic rings. The highest BCUT2D eigenvalue weighted by atomic mass is 16.5. The lowest BCUT2D eigenvalue weighted by molar-refractivity contribution is 0.131. The zero-order chi connectivity index (χ0) is 24.1. The van der Waals surface area contributed by atoms with Gasteiger partial charge in [0.05, 0.1) is 5.52 Å². The van der Waals surface area contributed by atoms with Gasteiger partial charge < -0.3 is 20.3 Å². The minimum absolute atomic E-state index is 0.164. The molecule has 6 heteroatoms. The van der Waals surface area contributed by atoms with Crippen LogP contribution < -0.4 is 20.3 Å². The smallest absolute Gasteiger partial charge is 0.225 e. The average Bonchev–Trinajstić information content (AvgIpc) is 2.80. The summed E-state index contributed by atoms with van der Waals surface area (Å²) >= 11 is 0. The van der Waals surface area contributed by atoms with E-state index in [0.29, 0.717) is 6.04 Å². The fraction of sp³-hybridized carbons (Fsp3) is 0.500. The largest absolute Gasteiger partial charge is 0.488 e. The number of nitrogens with one attached hydrogen (secondary N) is 2. The first-order chi connectivity index (χ1) is 16.3. The summed E-state index contributed by atoms with van der Waals surface area (Å²) < 4.78 is 5.91. The summed E-state index contributed by atoms with van der Waals surface area (Å²) in [5.41, 5.74) is 2.11. The number of anilines is 2. The Morgan fingerprint density at radius 2 is 1.65 bits per heavy atom. The van der Waals surface area contributed by atoms with Gasteiger partial charge in [-0.3, -0.25) is 0 Å². The first-order valence-electron chi connectivity index (χ1n) is 12.5. The molecule has 0 saturated heterocycles. The lowest BCUT2D eigenvalue weighted by Crippen LogP contribution is -2.31. The summed E-state index contributed by atoms with van der Waals surface area (Å²) in [5, 5.41) is 8.35. The van der Waals surface area contributed by atoms with Gasteiger partial charge in [0.2, 0.25) is 5.95 Å². The second-order valence-electron chi connectivity index (χ2n) is 10.6.